The molecule has 8 nitrogen and oxygen atoms in total. The summed E-state index contributed by atoms with van der Waals surface area (Å²) in [5, 5.41) is 4.23. The number of aromatic nitrogens is 2. The van der Waals surface area contributed by atoms with Gasteiger partial charge >= 0.3 is 0 Å². The zero-order valence-electron chi connectivity index (χ0n) is 13.8. The Morgan fingerprint density at radius 1 is 1.28 bits per heavy atom. The minimum absolute atomic E-state index is 0.111. The van der Waals surface area contributed by atoms with Gasteiger partial charge in [0.2, 0.25) is 16.8 Å². The van der Waals surface area contributed by atoms with Crippen LogP contribution in [0.25, 0.3) is 0 Å². The lowest BCUT2D eigenvalue weighted by Crippen LogP contribution is -2.42. The lowest BCUT2D eigenvalue weighted by atomic mass is 10.2. The van der Waals surface area contributed by atoms with E-state index < -0.39 is 10.0 Å². The van der Waals surface area contributed by atoms with Crippen molar-refractivity contribution in [1.29, 1.82) is 0 Å². The minimum atomic E-state index is -3.63. The van der Waals surface area contributed by atoms with E-state index in [0.717, 1.165) is 12.1 Å². The summed E-state index contributed by atoms with van der Waals surface area (Å²) in [5.41, 5.74) is 0.882. The molecule has 3 heterocycles. The van der Waals surface area contributed by atoms with Crippen molar-refractivity contribution < 1.29 is 22.6 Å². The molecule has 2 aliphatic heterocycles. The van der Waals surface area contributed by atoms with Gasteiger partial charge in [-0.05, 0) is 19.1 Å². The molecule has 0 radical (unpaired) electrons. The van der Waals surface area contributed by atoms with E-state index in [2.05, 4.69) is 5.10 Å². The second-order valence-electron chi connectivity index (χ2n) is 5.87. The summed E-state index contributed by atoms with van der Waals surface area (Å²) in [7, 11) is -3.63. The fraction of sp³-hybridized carbons (Fsp3) is 0.438. The van der Waals surface area contributed by atoms with Gasteiger partial charge in [0.15, 0.2) is 11.5 Å². The van der Waals surface area contributed by atoms with Crippen molar-refractivity contribution in [3.05, 3.63) is 36.2 Å². The highest BCUT2D eigenvalue weighted by Gasteiger charge is 2.33. The van der Waals surface area contributed by atoms with E-state index in [1.54, 1.807) is 23.0 Å². The quantitative estimate of drug-likeness (QED) is 0.814. The largest absolute Gasteiger partial charge is 0.454 e. The Morgan fingerprint density at radius 3 is 2.92 bits per heavy atom. The van der Waals surface area contributed by atoms with Gasteiger partial charge in [-0.25, -0.2) is 8.42 Å². The Labute approximate surface area is 145 Å². The molecule has 1 atom stereocenters. The molecule has 134 valence electrons. The number of ether oxygens (including phenoxy) is 3. The molecule has 0 spiro atoms. The van der Waals surface area contributed by atoms with Crippen LogP contribution >= 0.6 is 0 Å². The van der Waals surface area contributed by atoms with Crippen molar-refractivity contribution in [2.75, 3.05) is 26.5 Å². The van der Waals surface area contributed by atoms with Gasteiger partial charge in [0.25, 0.3) is 0 Å². The van der Waals surface area contributed by atoms with Crippen LogP contribution in [0.15, 0.2) is 35.5 Å². The number of morpholine rings is 1. The van der Waals surface area contributed by atoms with E-state index in [1.807, 2.05) is 13.1 Å². The smallest absolute Gasteiger partial charge is 0.243 e. The van der Waals surface area contributed by atoms with Gasteiger partial charge in [0, 0.05) is 37.5 Å². The Hall–Kier alpha value is -2.10. The normalized spacial score (nSPS) is 20.8. The molecule has 0 saturated carbocycles. The molecule has 0 amide bonds. The van der Waals surface area contributed by atoms with E-state index in [1.165, 1.54) is 10.4 Å². The Morgan fingerprint density at radius 2 is 2.12 bits per heavy atom. The van der Waals surface area contributed by atoms with Gasteiger partial charge in [-0.1, -0.05) is 0 Å². The molecule has 4 rings (SSSR count). The monoisotopic (exact) mass is 365 g/mol. The SMILES string of the molecule is CCn1cc(C2CN(S(=O)(=O)c3ccc4c(c3)OCO4)CCO2)cn1. The molecule has 9 heteroatoms. The Balaban J connectivity index is 1.57. The van der Waals surface area contributed by atoms with Crippen LogP contribution in [0.2, 0.25) is 0 Å². The number of nitrogens with zero attached hydrogens (tertiary/aromatic N) is 3. The van der Waals surface area contributed by atoms with Crippen molar-refractivity contribution in [3.63, 3.8) is 0 Å². The fourth-order valence-electron chi connectivity index (χ4n) is 2.95. The molecule has 1 saturated heterocycles. The summed E-state index contributed by atoms with van der Waals surface area (Å²) in [6.07, 6.45) is 3.30. The van der Waals surface area contributed by atoms with E-state index in [4.69, 9.17) is 14.2 Å². The lowest BCUT2D eigenvalue weighted by molar-refractivity contribution is -0.00260. The van der Waals surface area contributed by atoms with Gasteiger partial charge in [-0.15, -0.1) is 0 Å². The van der Waals surface area contributed by atoms with Crippen LogP contribution in [0.1, 0.15) is 18.6 Å². The molecule has 2 aliphatic rings. The molecule has 1 aromatic carbocycles. The summed E-state index contributed by atoms with van der Waals surface area (Å²) in [6, 6.07) is 4.68. The Bertz CT molecular complexity index is 880. The number of benzene rings is 1. The Kier molecular flexibility index (Phi) is 4.14. The third kappa shape index (κ3) is 2.99. The number of aryl methyl sites for hydroxylation is 1. The molecule has 1 fully saturated rings. The van der Waals surface area contributed by atoms with E-state index >= 15 is 0 Å². The molecule has 1 aromatic heterocycles. The molecule has 0 aliphatic carbocycles. The van der Waals surface area contributed by atoms with Gasteiger partial charge in [-0.2, -0.15) is 9.40 Å². The van der Waals surface area contributed by atoms with Crippen LogP contribution < -0.4 is 9.47 Å². The topological polar surface area (TPSA) is 82.9 Å². The molecule has 2 aromatic rings. The second kappa shape index (κ2) is 6.32. The summed E-state index contributed by atoms with van der Waals surface area (Å²) in [6.45, 7) is 3.77. The molecule has 1 unspecified atom stereocenters. The molecular weight excluding hydrogens is 346 g/mol. The maximum Gasteiger partial charge on any atom is 0.243 e. The maximum atomic E-state index is 13.0. The maximum absolute atomic E-state index is 13.0. The summed E-state index contributed by atoms with van der Waals surface area (Å²) >= 11 is 0. The number of hydrogen-bond donors (Lipinski definition) is 0. The highest BCUT2D eigenvalue weighted by atomic mass is 32.2. The summed E-state index contributed by atoms with van der Waals surface area (Å²) in [4.78, 5) is 0.196. The van der Waals surface area contributed by atoms with Crippen LogP contribution in [-0.4, -0.2) is 49.0 Å². The van der Waals surface area contributed by atoms with Crippen LogP contribution in [-0.2, 0) is 21.3 Å². The van der Waals surface area contributed by atoms with Crippen LogP contribution in [0.4, 0.5) is 0 Å². The van der Waals surface area contributed by atoms with Crippen LogP contribution in [0.3, 0.4) is 0 Å². The first-order chi connectivity index (χ1) is 12.1. The third-order valence-corrected chi connectivity index (χ3v) is 6.22. The predicted octanol–water partition coefficient (Wildman–Crippen LogP) is 1.39. The molecule has 25 heavy (non-hydrogen) atoms. The van der Waals surface area contributed by atoms with E-state index in [-0.39, 0.29) is 24.3 Å². The van der Waals surface area contributed by atoms with Crippen molar-refractivity contribution >= 4 is 10.0 Å². The zero-order chi connectivity index (χ0) is 17.4. The van der Waals surface area contributed by atoms with Gasteiger partial charge in [-0.3, -0.25) is 4.68 Å². The van der Waals surface area contributed by atoms with Gasteiger partial charge in [0.1, 0.15) is 0 Å². The number of sulfonamides is 1. The first-order valence-corrected chi connectivity index (χ1v) is 9.55. The highest BCUT2D eigenvalue weighted by Crippen LogP contribution is 2.35. The first-order valence-electron chi connectivity index (χ1n) is 8.11. The minimum Gasteiger partial charge on any atom is -0.454 e. The number of fused-ring (bicyclic) bond motifs is 1. The van der Waals surface area contributed by atoms with Crippen molar-refractivity contribution in [1.82, 2.24) is 14.1 Å². The summed E-state index contributed by atoms with van der Waals surface area (Å²) in [5.74, 6) is 1.01. The van der Waals surface area contributed by atoms with Crippen molar-refractivity contribution in [2.24, 2.45) is 0 Å². The number of hydrogen-bond acceptors (Lipinski definition) is 6. The average molecular weight is 365 g/mol. The van der Waals surface area contributed by atoms with Crippen LogP contribution in [0.5, 0.6) is 11.5 Å². The predicted molar refractivity (Wildman–Crippen MR) is 87.9 cm³/mol. The third-order valence-electron chi connectivity index (χ3n) is 4.36. The molecule has 0 bridgehead atoms. The zero-order valence-corrected chi connectivity index (χ0v) is 14.6. The highest BCUT2D eigenvalue weighted by molar-refractivity contribution is 7.89. The molecular formula is C16H19N3O5S. The average Bonchev–Trinajstić information content (AvgIpc) is 3.30. The van der Waals surface area contributed by atoms with E-state index in [0.29, 0.717) is 24.7 Å². The van der Waals surface area contributed by atoms with E-state index in [9.17, 15) is 8.42 Å². The summed E-state index contributed by atoms with van der Waals surface area (Å²) < 4.78 is 45.5. The van der Waals surface area contributed by atoms with Gasteiger partial charge < -0.3 is 14.2 Å². The van der Waals surface area contributed by atoms with Crippen molar-refractivity contribution in [3.8, 4) is 11.5 Å². The van der Waals surface area contributed by atoms with Crippen molar-refractivity contribution in [2.45, 2.75) is 24.5 Å². The first kappa shape index (κ1) is 16.4. The fourth-order valence-corrected chi connectivity index (χ4v) is 4.39. The van der Waals surface area contributed by atoms with Gasteiger partial charge in [0.05, 0.1) is 23.8 Å². The number of rotatable bonds is 4. The second-order valence-corrected chi connectivity index (χ2v) is 7.80. The van der Waals surface area contributed by atoms with Crippen LogP contribution in [0, 0.1) is 0 Å². The molecule has 0 N–H and O–H groups in total. The lowest BCUT2D eigenvalue weighted by Gasteiger charge is -2.31. The standard InChI is InChI=1S/C16H19N3O5S/c1-2-18-9-12(8-17-18)16-10-19(5-6-22-16)25(20,21)13-3-4-14-15(7-13)24-11-23-14/h3-4,7-9,16H,2,5-6,10-11H2,1H3.